The average molecular weight is 460 g/mol. The van der Waals surface area contributed by atoms with E-state index in [0.717, 1.165) is 12.0 Å². The number of carbonyl (C=O) groups excluding carboxylic acids is 2. The standard InChI is InChI=1S/C25H20N2O5S/c1-2-16-10-12-19(13-11-16)33(31,32)27-22-15-23(24(28)21-9-4-3-8-20(21)22)26-18-7-5-6-17(14-18)25(29)30/h3-15,26H,2H2,1H3,(H,29,30)/p-1. The monoisotopic (exact) mass is 459 g/mol. The lowest BCUT2D eigenvalue weighted by Crippen LogP contribution is -2.24. The van der Waals surface area contributed by atoms with Crippen LogP contribution in [0.4, 0.5) is 5.69 Å². The Morgan fingerprint density at radius 3 is 2.33 bits per heavy atom. The van der Waals surface area contributed by atoms with E-state index in [1.807, 2.05) is 6.92 Å². The molecule has 8 heteroatoms. The van der Waals surface area contributed by atoms with Crippen molar-refractivity contribution in [3.8, 4) is 0 Å². The van der Waals surface area contributed by atoms with E-state index in [1.165, 1.54) is 36.4 Å². The van der Waals surface area contributed by atoms with E-state index >= 15 is 0 Å². The van der Waals surface area contributed by atoms with Crippen LogP contribution in [-0.4, -0.2) is 25.9 Å². The van der Waals surface area contributed by atoms with Gasteiger partial charge >= 0.3 is 0 Å². The number of allylic oxidation sites excluding steroid dienone is 2. The summed E-state index contributed by atoms with van der Waals surface area (Å²) in [6.07, 6.45) is 2.13. The summed E-state index contributed by atoms with van der Waals surface area (Å²) < 4.78 is 30.0. The fraction of sp³-hybridized carbons (Fsp3) is 0.0800. The molecule has 166 valence electrons. The molecule has 0 saturated carbocycles. The zero-order valence-corrected chi connectivity index (χ0v) is 18.4. The minimum atomic E-state index is -4.04. The van der Waals surface area contributed by atoms with Crippen LogP contribution in [-0.2, 0) is 16.4 Å². The predicted molar refractivity (Wildman–Crippen MR) is 123 cm³/mol. The SMILES string of the molecule is CCc1ccc(S(=O)(=O)N=C2C=C(Nc3cccc(C(=O)[O-])c3)C(=O)c3ccccc32)cc1. The highest BCUT2D eigenvalue weighted by molar-refractivity contribution is 7.90. The molecule has 0 amide bonds. The lowest BCUT2D eigenvalue weighted by molar-refractivity contribution is -0.255. The number of sulfonamides is 1. The lowest BCUT2D eigenvalue weighted by atomic mass is 9.92. The van der Waals surface area contributed by atoms with E-state index in [2.05, 4.69) is 9.71 Å². The molecule has 1 aliphatic rings. The van der Waals surface area contributed by atoms with E-state index in [1.54, 1.807) is 42.5 Å². The van der Waals surface area contributed by atoms with Crippen molar-refractivity contribution in [2.45, 2.75) is 18.2 Å². The van der Waals surface area contributed by atoms with Gasteiger partial charge in [0.1, 0.15) is 0 Å². The molecule has 0 radical (unpaired) electrons. The van der Waals surface area contributed by atoms with E-state index in [9.17, 15) is 23.1 Å². The Kier molecular flexibility index (Phi) is 5.93. The Bertz CT molecular complexity index is 1420. The van der Waals surface area contributed by atoms with Gasteiger partial charge in [-0.05, 0) is 47.9 Å². The summed E-state index contributed by atoms with van der Waals surface area (Å²) in [5, 5.41) is 14.0. The molecule has 3 aromatic carbocycles. The van der Waals surface area contributed by atoms with Crippen molar-refractivity contribution in [1.29, 1.82) is 0 Å². The van der Waals surface area contributed by atoms with Gasteiger partial charge in [-0.15, -0.1) is 0 Å². The van der Waals surface area contributed by atoms with Crippen LogP contribution < -0.4 is 10.4 Å². The first-order chi connectivity index (χ1) is 15.8. The van der Waals surface area contributed by atoms with Gasteiger partial charge in [0.15, 0.2) is 0 Å². The zero-order chi connectivity index (χ0) is 23.6. The van der Waals surface area contributed by atoms with Gasteiger partial charge < -0.3 is 15.2 Å². The molecule has 33 heavy (non-hydrogen) atoms. The number of fused-ring (bicyclic) bond motifs is 1. The zero-order valence-electron chi connectivity index (χ0n) is 17.6. The molecule has 4 rings (SSSR count). The molecule has 0 heterocycles. The molecule has 1 aliphatic carbocycles. The molecular formula is C25H19N2O5S-. The third-order valence-corrected chi connectivity index (χ3v) is 6.50. The molecule has 0 spiro atoms. The fourth-order valence-corrected chi connectivity index (χ4v) is 4.45. The Hall–Kier alpha value is -4.04. The van der Waals surface area contributed by atoms with Gasteiger partial charge in [0.05, 0.1) is 22.3 Å². The highest BCUT2D eigenvalue weighted by Gasteiger charge is 2.26. The van der Waals surface area contributed by atoms with E-state index < -0.39 is 16.0 Å². The smallest absolute Gasteiger partial charge is 0.282 e. The van der Waals surface area contributed by atoms with Crippen LogP contribution >= 0.6 is 0 Å². The number of carboxylic acids is 1. The maximum absolute atomic E-state index is 13.0. The number of hydrogen-bond acceptors (Lipinski definition) is 6. The summed E-state index contributed by atoms with van der Waals surface area (Å²) in [4.78, 5) is 24.2. The van der Waals surface area contributed by atoms with Gasteiger partial charge in [-0.2, -0.15) is 12.8 Å². The molecule has 0 unspecified atom stereocenters. The van der Waals surface area contributed by atoms with Gasteiger partial charge in [-0.3, -0.25) is 4.79 Å². The number of nitrogens with one attached hydrogen (secondary N) is 1. The molecule has 0 bridgehead atoms. The number of nitrogens with zero attached hydrogens (tertiary/aromatic N) is 1. The Morgan fingerprint density at radius 1 is 0.970 bits per heavy atom. The quantitative estimate of drug-likeness (QED) is 0.606. The van der Waals surface area contributed by atoms with Crippen LogP contribution in [0.15, 0.2) is 93.9 Å². The van der Waals surface area contributed by atoms with Crippen molar-refractivity contribution in [3.63, 3.8) is 0 Å². The van der Waals surface area contributed by atoms with Crippen molar-refractivity contribution in [3.05, 3.63) is 107 Å². The predicted octanol–water partition coefficient (Wildman–Crippen LogP) is 2.98. The molecule has 3 aromatic rings. The number of carbonyl (C=O) groups is 2. The van der Waals surface area contributed by atoms with E-state index in [-0.39, 0.29) is 33.2 Å². The van der Waals surface area contributed by atoms with Gasteiger partial charge in [0, 0.05) is 16.8 Å². The van der Waals surface area contributed by atoms with Gasteiger partial charge in [0.2, 0.25) is 5.78 Å². The number of carboxylic acid groups (broad SMARTS) is 1. The highest BCUT2D eigenvalue weighted by atomic mass is 32.2. The minimum Gasteiger partial charge on any atom is -0.545 e. The first-order valence-electron chi connectivity index (χ1n) is 10.2. The summed E-state index contributed by atoms with van der Waals surface area (Å²) in [5.74, 6) is -1.72. The van der Waals surface area contributed by atoms with Gasteiger partial charge in [-0.25, -0.2) is 0 Å². The summed E-state index contributed by atoms with van der Waals surface area (Å²) in [7, 11) is -4.04. The topological polar surface area (TPSA) is 116 Å². The van der Waals surface area contributed by atoms with Crippen LogP contribution in [0.1, 0.15) is 38.8 Å². The Labute approximate surface area is 191 Å². The maximum atomic E-state index is 13.0. The van der Waals surface area contributed by atoms with Crippen molar-refractivity contribution < 1.29 is 23.1 Å². The van der Waals surface area contributed by atoms with Crippen molar-refractivity contribution in [1.82, 2.24) is 0 Å². The van der Waals surface area contributed by atoms with Gasteiger partial charge in [-0.1, -0.05) is 55.5 Å². The third kappa shape index (κ3) is 4.61. The number of hydrogen-bond donors (Lipinski definition) is 1. The van der Waals surface area contributed by atoms with Crippen molar-refractivity contribution >= 4 is 33.2 Å². The Balaban J connectivity index is 1.78. The molecular weight excluding hydrogens is 440 g/mol. The van der Waals surface area contributed by atoms with Crippen LogP contribution in [0.3, 0.4) is 0 Å². The fourth-order valence-electron chi connectivity index (χ4n) is 3.46. The normalized spacial score (nSPS) is 14.5. The molecule has 0 fully saturated rings. The summed E-state index contributed by atoms with van der Waals surface area (Å²) in [5.41, 5.74) is 2.13. The number of ketones is 1. The number of benzene rings is 3. The van der Waals surface area contributed by atoms with Crippen LogP contribution in [0.5, 0.6) is 0 Å². The van der Waals surface area contributed by atoms with E-state index in [4.69, 9.17) is 0 Å². The number of aryl methyl sites for hydroxylation is 1. The van der Waals surface area contributed by atoms with Crippen LogP contribution in [0.25, 0.3) is 0 Å². The molecule has 0 aromatic heterocycles. The largest absolute Gasteiger partial charge is 0.545 e. The lowest BCUT2D eigenvalue weighted by Gasteiger charge is -2.19. The maximum Gasteiger partial charge on any atom is 0.282 e. The highest BCUT2D eigenvalue weighted by Crippen LogP contribution is 2.25. The van der Waals surface area contributed by atoms with Gasteiger partial charge in [0.25, 0.3) is 10.0 Å². The number of anilines is 1. The summed E-state index contributed by atoms with van der Waals surface area (Å²) in [6, 6.07) is 18.9. The molecule has 7 nitrogen and oxygen atoms in total. The summed E-state index contributed by atoms with van der Waals surface area (Å²) in [6.45, 7) is 1.97. The van der Waals surface area contributed by atoms with Crippen molar-refractivity contribution in [2.24, 2.45) is 4.40 Å². The van der Waals surface area contributed by atoms with Crippen LogP contribution in [0, 0.1) is 0 Å². The first kappa shape index (κ1) is 22.2. The number of aromatic carboxylic acids is 1. The molecule has 0 saturated heterocycles. The molecule has 0 atom stereocenters. The minimum absolute atomic E-state index is 0.0474. The Morgan fingerprint density at radius 2 is 1.67 bits per heavy atom. The first-order valence-corrected chi connectivity index (χ1v) is 11.6. The van der Waals surface area contributed by atoms with Crippen molar-refractivity contribution in [2.75, 3.05) is 5.32 Å². The molecule has 0 aliphatic heterocycles. The average Bonchev–Trinajstić information content (AvgIpc) is 2.82. The second-order valence-corrected chi connectivity index (χ2v) is 8.98. The second kappa shape index (κ2) is 8.84. The third-order valence-electron chi connectivity index (χ3n) is 5.20. The number of Topliss-reactive ketones (excluding diaryl/α,β-unsaturated/α-hetero) is 1. The summed E-state index contributed by atoms with van der Waals surface area (Å²) >= 11 is 0. The number of rotatable bonds is 6. The molecule has 1 N–H and O–H groups in total. The second-order valence-electron chi connectivity index (χ2n) is 7.38. The van der Waals surface area contributed by atoms with Crippen LogP contribution in [0.2, 0.25) is 0 Å². The van der Waals surface area contributed by atoms with E-state index in [0.29, 0.717) is 11.3 Å².